The van der Waals surface area contributed by atoms with Crippen molar-refractivity contribution in [2.24, 2.45) is 4.99 Å². The SMILES string of the molecule is CN(C(=O)CCCOc1ccc2c(c1)CN1C(=N2)NC(=O)C12CC2)C1CCCCC1. The quantitative estimate of drug-likeness (QED) is 0.732. The zero-order valence-electron chi connectivity index (χ0n) is 17.7. The van der Waals surface area contributed by atoms with Crippen LogP contribution in [0.1, 0.15) is 63.4 Å². The van der Waals surface area contributed by atoms with E-state index in [1.807, 2.05) is 30.1 Å². The number of ether oxygens (including phenoxy) is 1. The third kappa shape index (κ3) is 3.44. The van der Waals surface area contributed by atoms with Gasteiger partial charge in [-0.3, -0.25) is 14.9 Å². The van der Waals surface area contributed by atoms with Crippen LogP contribution in [0.15, 0.2) is 23.2 Å². The van der Waals surface area contributed by atoms with Crippen LogP contribution >= 0.6 is 0 Å². The van der Waals surface area contributed by atoms with Crippen molar-refractivity contribution in [3.05, 3.63) is 23.8 Å². The maximum atomic E-state index is 12.5. The zero-order valence-corrected chi connectivity index (χ0v) is 17.7. The van der Waals surface area contributed by atoms with Crippen molar-refractivity contribution >= 4 is 23.5 Å². The maximum absolute atomic E-state index is 12.5. The van der Waals surface area contributed by atoms with Crippen molar-refractivity contribution < 1.29 is 14.3 Å². The van der Waals surface area contributed by atoms with Crippen LogP contribution in [0, 0.1) is 0 Å². The van der Waals surface area contributed by atoms with E-state index in [2.05, 4.69) is 15.2 Å². The number of carbonyl (C=O) groups excluding carboxylic acids is 2. The van der Waals surface area contributed by atoms with Crippen LogP contribution in [0.25, 0.3) is 0 Å². The van der Waals surface area contributed by atoms with Crippen molar-refractivity contribution in [1.29, 1.82) is 0 Å². The molecular weight excluding hydrogens is 380 g/mol. The van der Waals surface area contributed by atoms with Gasteiger partial charge in [0.2, 0.25) is 11.9 Å². The molecule has 7 nitrogen and oxygen atoms in total. The van der Waals surface area contributed by atoms with Crippen molar-refractivity contribution in [3.8, 4) is 5.75 Å². The zero-order chi connectivity index (χ0) is 20.7. The lowest BCUT2D eigenvalue weighted by molar-refractivity contribution is -0.132. The molecule has 1 N–H and O–H groups in total. The van der Waals surface area contributed by atoms with Crippen LogP contribution in [0.4, 0.5) is 5.69 Å². The predicted octanol–water partition coefficient (Wildman–Crippen LogP) is 3.10. The summed E-state index contributed by atoms with van der Waals surface area (Å²) in [5.41, 5.74) is 1.60. The van der Waals surface area contributed by atoms with E-state index in [1.54, 1.807) is 0 Å². The molecule has 1 aromatic carbocycles. The fourth-order valence-corrected chi connectivity index (χ4v) is 4.97. The standard InChI is InChI=1S/C23H30N4O3/c1-26(17-6-3-2-4-7-17)20(28)8-5-13-30-18-9-10-19-16(14-18)15-27-22(24-19)25-21(29)23(27)11-12-23/h9-10,14,17H,2-8,11-13,15H2,1H3,(H,24,25,29). The third-order valence-corrected chi connectivity index (χ3v) is 7.07. The molecule has 1 aromatic rings. The highest BCUT2D eigenvalue weighted by Gasteiger charge is 2.61. The number of rotatable bonds is 6. The van der Waals surface area contributed by atoms with Gasteiger partial charge in [0.15, 0.2) is 0 Å². The molecule has 1 saturated heterocycles. The molecule has 2 amide bonds. The highest BCUT2D eigenvalue weighted by molar-refractivity contribution is 6.11. The van der Waals surface area contributed by atoms with Gasteiger partial charge >= 0.3 is 0 Å². The normalized spacial score (nSPS) is 21.6. The van der Waals surface area contributed by atoms with Gasteiger partial charge in [0.05, 0.1) is 12.3 Å². The summed E-state index contributed by atoms with van der Waals surface area (Å²) < 4.78 is 5.93. The summed E-state index contributed by atoms with van der Waals surface area (Å²) in [6, 6.07) is 6.30. The smallest absolute Gasteiger partial charge is 0.252 e. The van der Waals surface area contributed by atoms with Gasteiger partial charge < -0.3 is 14.5 Å². The maximum Gasteiger partial charge on any atom is 0.252 e. The lowest BCUT2D eigenvalue weighted by atomic mass is 9.94. The van der Waals surface area contributed by atoms with Gasteiger partial charge in [-0.2, -0.15) is 0 Å². The van der Waals surface area contributed by atoms with E-state index in [9.17, 15) is 9.59 Å². The topological polar surface area (TPSA) is 74.2 Å². The van der Waals surface area contributed by atoms with Crippen LogP contribution in [-0.4, -0.2) is 52.8 Å². The van der Waals surface area contributed by atoms with E-state index in [1.165, 1.54) is 19.3 Å². The molecule has 5 rings (SSSR count). The van der Waals surface area contributed by atoms with Gasteiger partial charge in [0, 0.05) is 31.6 Å². The first-order chi connectivity index (χ1) is 14.6. The summed E-state index contributed by atoms with van der Waals surface area (Å²) in [5.74, 6) is 1.77. The molecule has 3 fully saturated rings. The molecule has 2 aliphatic heterocycles. The largest absolute Gasteiger partial charge is 0.494 e. The van der Waals surface area contributed by atoms with E-state index in [0.29, 0.717) is 38.0 Å². The van der Waals surface area contributed by atoms with Gasteiger partial charge in [0.1, 0.15) is 11.3 Å². The van der Waals surface area contributed by atoms with E-state index >= 15 is 0 Å². The average molecular weight is 411 g/mol. The third-order valence-electron chi connectivity index (χ3n) is 7.07. The van der Waals surface area contributed by atoms with Crippen LogP contribution < -0.4 is 10.1 Å². The molecule has 0 bridgehead atoms. The first-order valence-corrected chi connectivity index (χ1v) is 11.3. The Morgan fingerprint density at radius 3 is 2.87 bits per heavy atom. The van der Waals surface area contributed by atoms with Gasteiger partial charge in [-0.1, -0.05) is 19.3 Å². The van der Waals surface area contributed by atoms with Crippen molar-refractivity contribution in [2.75, 3.05) is 13.7 Å². The number of hydrogen-bond acceptors (Lipinski definition) is 5. The van der Waals surface area contributed by atoms with E-state index in [-0.39, 0.29) is 17.4 Å². The van der Waals surface area contributed by atoms with Gasteiger partial charge in [-0.25, -0.2) is 4.99 Å². The first kappa shape index (κ1) is 19.4. The Labute approximate surface area is 177 Å². The van der Waals surface area contributed by atoms with Crippen LogP contribution in [-0.2, 0) is 16.1 Å². The predicted molar refractivity (Wildman–Crippen MR) is 114 cm³/mol. The molecule has 2 aliphatic carbocycles. The molecular formula is C23H30N4O3. The molecule has 0 aromatic heterocycles. The molecule has 2 heterocycles. The van der Waals surface area contributed by atoms with Gasteiger partial charge in [-0.05, 0) is 50.3 Å². The highest BCUT2D eigenvalue weighted by Crippen LogP contribution is 2.48. The monoisotopic (exact) mass is 410 g/mol. The number of nitrogens with one attached hydrogen (secondary N) is 1. The van der Waals surface area contributed by atoms with Crippen molar-refractivity contribution in [2.45, 2.75) is 75.9 Å². The molecule has 4 aliphatic rings. The molecule has 160 valence electrons. The Bertz CT molecular complexity index is 886. The molecule has 2 saturated carbocycles. The summed E-state index contributed by atoms with van der Waals surface area (Å²) in [5, 5.41) is 2.92. The highest BCUT2D eigenvalue weighted by atomic mass is 16.5. The van der Waals surface area contributed by atoms with E-state index in [4.69, 9.17) is 4.74 Å². The summed E-state index contributed by atoms with van der Waals surface area (Å²) in [6.45, 7) is 1.19. The Hall–Kier alpha value is -2.57. The number of hydrogen-bond donors (Lipinski definition) is 1. The van der Waals surface area contributed by atoms with Crippen molar-refractivity contribution in [1.82, 2.24) is 15.1 Å². The summed E-state index contributed by atoms with van der Waals surface area (Å²) >= 11 is 0. The van der Waals surface area contributed by atoms with Gasteiger partial charge in [-0.15, -0.1) is 0 Å². The summed E-state index contributed by atoms with van der Waals surface area (Å²) in [6.07, 6.45) is 9.06. The molecule has 0 atom stereocenters. The minimum atomic E-state index is -0.363. The summed E-state index contributed by atoms with van der Waals surface area (Å²) in [4.78, 5) is 33.4. The molecule has 7 heteroatoms. The lowest BCUT2D eigenvalue weighted by Gasteiger charge is -2.31. The number of guanidine groups is 1. The minimum Gasteiger partial charge on any atom is -0.494 e. The molecule has 0 unspecified atom stereocenters. The fraction of sp³-hybridized carbons (Fsp3) is 0.609. The first-order valence-electron chi connectivity index (χ1n) is 11.3. The van der Waals surface area contributed by atoms with Crippen LogP contribution in [0.3, 0.4) is 0 Å². The number of benzene rings is 1. The number of fused-ring (bicyclic) bond motifs is 3. The van der Waals surface area contributed by atoms with Gasteiger partial charge in [0.25, 0.3) is 5.91 Å². The number of amides is 2. The number of aliphatic imine (C=N–C) groups is 1. The van der Waals surface area contributed by atoms with Crippen LogP contribution in [0.2, 0.25) is 0 Å². The van der Waals surface area contributed by atoms with E-state index in [0.717, 1.165) is 42.7 Å². The average Bonchev–Trinajstić information content (AvgIpc) is 3.53. The van der Waals surface area contributed by atoms with Crippen LogP contribution in [0.5, 0.6) is 5.75 Å². The Kier molecular flexibility index (Phi) is 4.91. The molecule has 30 heavy (non-hydrogen) atoms. The second kappa shape index (κ2) is 7.60. The Morgan fingerprint density at radius 1 is 1.30 bits per heavy atom. The summed E-state index contributed by atoms with van der Waals surface area (Å²) in [7, 11) is 1.95. The second-order valence-electron chi connectivity index (χ2n) is 9.05. The fourth-order valence-electron chi connectivity index (χ4n) is 4.97. The lowest BCUT2D eigenvalue weighted by Crippen LogP contribution is -2.38. The minimum absolute atomic E-state index is 0.0772. The molecule has 1 spiro atoms. The number of nitrogens with zero attached hydrogens (tertiary/aromatic N) is 3. The number of carbonyl (C=O) groups is 2. The Morgan fingerprint density at radius 2 is 2.10 bits per heavy atom. The Balaban J connectivity index is 1.13. The van der Waals surface area contributed by atoms with E-state index < -0.39 is 0 Å². The van der Waals surface area contributed by atoms with Crippen molar-refractivity contribution in [3.63, 3.8) is 0 Å². The second-order valence-corrected chi connectivity index (χ2v) is 9.05. The molecule has 0 radical (unpaired) electrons.